The van der Waals surface area contributed by atoms with Crippen LogP contribution in [0, 0.1) is 5.82 Å². The molecule has 0 aromatic heterocycles. The lowest BCUT2D eigenvalue weighted by atomic mass is 10.2. The second-order valence-corrected chi connectivity index (χ2v) is 3.55. The first-order valence-corrected chi connectivity index (χ1v) is 5.54. The Morgan fingerprint density at radius 2 is 2.23 bits per heavy atom. The third-order valence-electron chi connectivity index (χ3n) is 1.85. The van der Waals surface area contributed by atoms with Gasteiger partial charge in [0.05, 0.1) is 0 Å². The van der Waals surface area contributed by atoms with Crippen molar-refractivity contribution in [3.63, 3.8) is 0 Å². The van der Waals surface area contributed by atoms with Gasteiger partial charge in [-0.15, -0.1) is 11.8 Å². The third kappa shape index (κ3) is 2.71. The molecule has 13 heavy (non-hydrogen) atoms. The first kappa shape index (κ1) is 10.5. The van der Waals surface area contributed by atoms with Gasteiger partial charge in [0.25, 0.3) is 0 Å². The predicted molar refractivity (Wildman–Crippen MR) is 55.6 cm³/mol. The Bertz CT molecular complexity index is 276. The van der Waals surface area contributed by atoms with E-state index in [1.54, 1.807) is 17.8 Å². The van der Waals surface area contributed by atoms with E-state index in [2.05, 4.69) is 5.32 Å². The van der Waals surface area contributed by atoms with Crippen LogP contribution in [-0.4, -0.2) is 12.8 Å². The van der Waals surface area contributed by atoms with Gasteiger partial charge in [-0.1, -0.05) is 13.0 Å². The van der Waals surface area contributed by atoms with Gasteiger partial charge in [-0.3, -0.25) is 0 Å². The van der Waals surface area contributed by atoms with Crippen LogP contribution < -0.4 is 5.32 Å². The molecule has 0 atom stereocenters. The van der Waals surface area contributed by atoms with E-state index in [4.69, 9.17) is 0 Å². The fourth-order valence-corrected chi connectivity index (χ4v) is 1.78. The first-order chi connectivity index (χ1) is 6.29. The quantitative estimate of drug-likeness (QED) is 0.748. The highest BCUT2D eigenvalue weighted by Crippen LogP contribution is 2.22. The summed E-state index contributed by atoms with van der Waals surface area (Å²) in [6.07, 6.45) is 1.96. The zero-order valence-electron chi connectivity index (χ0n) is 7.93. The lowest BCUT2D eigenvalue weighted by molar-refractivity contribution is 0.586. The molecule has 0 saturated heterocycles. The van der Waals surface area contributed by atoms with Crippen LogP contribution in [0.1, 0.15) is 12.5 Å². The second-order valence-electron chi connectivity index (χ2n) is 2.70. The van der Waals surface area contributed by atoms with Crippen LogP contribution in [0.25, 0.3) is 0 Å². The summed E-state index contributed by atoms with van der Waals surface area (Å²) in [7, 11) is 0. The molecule has 0 radical (unpaired) electrons. The fourth-order valence-electron chi connectivity index (χ4n) is 1.15. The Kier molecular flexibility index (Phi) is 4.25. The molecule has 0 aliphatic rings. The van der Waals surface area contributed by atoms with Crippen LogP contribution in [0.5, 0.6) is 0 Å². The maximum atomic E-state index is 13.3. The summed E-state index contributed by atoms with van der Waals surface area (Å²) in [6, 6.07) is 5.20. The zero-order chi connectivity index (χ0) is 9.68. The van der Waals surface area contributed by atoms with E-state index in [-0.39, 0.29) is 5.82 Å². The number of thioether (sulfide) groups is 1. The average Bonchev–Trinajstić information content (AvgIpc) is 2.15. The second kappa shape index (κ2) is 5.25. The first-order valence-electron chi connectivity index (χ1n) is 4.31. The molecule has 0 aliphatic carbocycles. The van der Waals surface area contributed by atoms with Gasteiger partial charge in [0, 0.05) is 17.0 Å². The lowest BCUT2D eigenvalue weighted by Crippen LogP contribution is -2.13. The van der Waals surface area contributed by atoms with E-state index >= 15 is 0 Å². The molecule has 0 aliphatic heterocycles. The van der Waals surface area contributed by atoms with E-state index in [1.165, 1.54) is 6.07 Å². The minimum absolute atomic E-state index is 0.118. The number of halogens is 1. The standard InChI is InChI=1S/C10H14FNS/c1-3-12-7-8-9(11)5-4-6-10(8)13-2/h4-6,12H,3,7H2,1-2H3. The normalized spacial score (nSPS) is 10.4. The maximum absolute atomic E-state index is 13.3. The zero-order valence-corrected chi connectivity index (χ0v) is 8.75. The predicted octanol–water partition coefficient (Wildman–Crippen LogP) is 2.66. The van der Waals surface area contributed by atoms with E-state index in [1.807, 2.05) is 19.2 Å². The van der Waals surface area contributed by atoms with Crippen LogP contribution >= 0.6 is 11.8 Å². The van der Waals surface area contributed by atoms with Crippen molar-refractivity contribution in [2.24, 2.45) is 0 Å². The molecule has 0 spiro atoms. The molecule has 0 fully saturated rings. The Labute approximate surface area is 82.7 Å². The number of hydrogen-bond acceptors (Lipinski definition) is 2. The molecule has 72 valence electrons. The summed E-state index contributed by atoms with van der Waals surface area (Å²) in [5.74, 6) is -0.118. The molecule has 1 aromatic rings. The monoisotopic (exact) mass is 199 g/mol. The highest BCUT2D eigenvalue weighted by molar-refractivity contribution is 7.98. The number of rotatable bonds is 4. The molecule has 1 nitrogen and oxygen atoms in total. The molecule has 1 N–H and O–H groups in total. The fraction of sp³-hybridized carbons (Fsp3) is 0.400. The molecule has 0 saturated carbocycles. The minimum atomic E-state index is -0.118. The van der Waals surface area contributed by atoms with Crippen molar-refractivity contribution < 1.29 is 4.39 Å². The highest BCUT2D eigenvalue weighted by Gasteiger charge is 2.05. The molecule has 0 amide bonds. The van der Waals surface area contributed by atoms with Crippen LogP contribution in [-0.2, 0) is 6.54 Å². The number of hydrogen-bond donors (Lipinski definition) is 1. The molecule has 1 aromatic carbocycles. The Balaban J connectivity index is 2.87. The summed E-state index contributed by atoms with van der Waals surface area (Å²) >= 11 is 1.58. The van der Waals surface area contributed by atoms with Gasteiger partial charge in [0.1, 0.15) is 5.82 Å². The van der Waals surface area contributed by atoms with Crippen molar-refractivity contribution >= 4 is 11.8 Å². The minimum Gasteiger partial charge on any atom is -0.313 e. The summed E-state index contributed by atoms with van der Waals surface area (Å²) in [6.45, 7) is 3.49. The smallest absolute Gasteiger partial charge is 0.128 e. The maximum Gasteiger partial charge on any atom is 0.128 e. The van der Waals surface area contributed by atoms with Crippen molar-refractivity contribution in [1.82, 2.24) is 5.32 Å². The molecule has 3 heteroatoms. The van der Waals surface area contributed by atoms with Crippen LogP contribution in [0.3, 0.4) is 0 Å². The van der Waals surface area contributed by atoms with Crippen LogP contribution in [0.15, 0.2) is 23.1 Å². The Morgan fingerprint density at radius 3 is 2.85 bits per heavy atom. The highest BCUT2D eigenvalue weighted by atomic mass is 32.2. The van der Waals surface area contributed by atoms with E-state index < -0.39 is 0 Å². The largest absolute Gasteiger partial charge is 0.313 e. The van der Waals surface area contributed by atoms with Crippen molar-refractivity contribution in [3.8, 4) is 0 Å². The van der Waals surface area contributed by atoms with Gasteiger partial charge in [0.15, 0.2) is 0 Å². The molecule has 0 unspecified atom stereocenters. The van der Waals surface area contributed by atoms with Crippen LogP contribution in [0.2, 0.25) is 0 Å². The van der Waals surface area contributed by atoms with E-state index in [9.17, 15) is 4.39 Å². The van der Waals surface area contributed by atoms with Gasteiger partial charge in [-0.25, -0.2) is 4.39 Å². The summed E-state index contributed by atoms with van der Waals surface area (Å²) in [5, 5.41) is 3.13. The number of benzene rings is 1. The molecule has 0 bridgehead atoms. The van der Waals surface area contributed by atoms with Crippen molar-refractivity contribution in [3.05, 3.63) is 29.6 Å². The van der Waals surface area contributed by atoms with Gasteiger partial charge in [-0.05, 0) is 24.9 Å². The van der Waals surface area contributed by atoms with Crippen molar-refractivity contribution in [1.29, 1.82) is 0 Å². The van der Waals surface area contributed by atoms with Gasteiger partial charge < -0.3 is 5.32 Å². The van der Waals surface area contributed by atoms with E-state index in [0.29, 0.717) is 6.54 Å². The number of nitrogens with one attached hydrogen (secondary N) is 1. The topological polar surface area (TPSA) is 12.0 Å². The molecular formula is C10H14FNS. The molecule has 0 heterocycles. The summed E-state index contributed by atoms with van der Waals surface area (Å²) in [5.41, 5.74) is 0.775. The van der Waals surface area contributed by atoms with Gasteiger partial charge >= 0.3 is 0 Å². The molecule has 1 rings (SSSR count). The Morgan fingerprint density at radius 1 is 1.46 bits per heavy atom. The summed E-state index contributed by atoms with van der Waals surface area (Å²) in [4.78, 5) is 1.01. The van der Waals surface area contributed by atoms with Crippen LogP contribution in [0.4, 0.5) is 4.39 Å². The lowest BCUT2D eigenvalue weighted by Gasteiger charge is -2.08. The van der Waals surface area contributed by atoms with Gasteiger partial charge in [-0.2, -0.15) is 0 Å². The SMILES string of the molecule is CCNCc1c(F)cccc1SC. The molecular weight excluding hydrogens is 185 g/mol. The summed E-state index contributed by atoms with van der Waals surface area (Å²) < 4.78 is 13.3. The average molecular weight is 199 g/mol. The van der Waals surface area contributed by atoms with Gasteiger partial charge in [0.2, 0.25) is 0 Å². The third-order valence-corrected chi connectivity index (χ3v) is 2.67. The van der Waals surface area contributed by atoms with Crippen molar-refractivity contribution in [2.75, 3.05) is 12.8 Å². The van der Waals surface area contributed by atoms with E-state index in [0.717, 1.165) is 17.0 Å². The van der Waals surface area contributed by atoms with Crippen molar-refractivity contribution in [2.45, 2.75) is 18.4 Å². The Hall–Kier alpha value is -0.540.